The number of sulfonamides is 1. The lowest BCUT2D eigenvalue weighted by molar-refractivity contribution is -0.387. The molecule has 0 bridgehead atoms. The minimum absolute atomic E-state index is 0.0195. The fourth-order valence-corrected chi connectivity index (χ4v) is 5.39. The zero-order chi connectivity index (χ0) is 25.1. The topological polar surface area (TPSA) is 145 Å². The van der Waals surface area contributed by atoms with E-state index in [1.54, 1.807) is 0 Å². The van der Waals surface area contributed by atoms with Crippen LogP contribution >= 0.6 is 0 Å². The number of nitro benzene ring substituents is 1. The van der Waals surface area contributed by atoms with E-state index in [0.29, 0.717) is 12.8 Å². The van der Waals surface area contributed by atoms with Crippen LogP contribution in [0.15, 0.2) is 53.4 Å². The number of nitrogens with zero attached hydrogens (tertiary/aromatic N) is 2. The van der Waals surface area contributed by atoms with Crippen molar-refractivity contribution in [3.05, 3.63) is 64.2 Å². The average molecular weight is 491 g/mol. The summed E-state index contributed by atoms with van der Waals surface area (Å²) in [4.78, 5) is 22.8. The predicted molar refractivity (Wildman–Crippen MR) is 127 cm³/mol. The van der Waals surface area contributed by atoms with Crippen molar-refractivity contribution >= 4 is 21.6 Å². The van der Waals surface area contributed by atoms with Crippen LogP contribution in [-0.4, -0.2) is 54.3 Å². The van der Waals surface area contributed by atoms with Crippen LogP contribution in [-0.2, 0) is 21.2 Å². The molecule has 11 heteroatoms. The number of benzene rings is 2. The average Bonchev–Trinajstić information content (AvgIpc) is 3.23. The Bertz CT molecular complexity index is 1140. The maximum atomic E-state index is 13.0. The highest BCUT2D eigenvalue weighted by Crippen LogP contribution is 2.28. The monoisotopic (exact) mass is 490 g/mol. The van der Waals surface area contributed by atoms with Gasteiger partial charge in [-0.1, -0.05) is 24.3 Å². The summed E-state index contributed by atoms with van der Waals surface area (Å²) in [6.07, 6.45) is 0.698. The lowest BCUT2D eigenvalue weighted by Crippen LogP contribution is -2.47. The Hall–Kier alpha value is -3.02. The summed E-state index contributed by atoms with van der Waals surface area (Å²) in [7, 11) is -4.07. The minimum Gasteiger partial charge on any atom is -0.488 e. The van der Waals surface area contributed by atoms with Crippen LogP contribution in [0.4, 0.5) is 5.69 Å². The van der Waals surface area contributed by atoms with Crippen LogP contribution in [0.3, 0.4) is 0 Å². The molecular formula is C23H30N4O6S. The summed E-state index contributed by atoms with van der Waals surface area (Å²) in [5.74, 6) is 0.338. The molecule has 184 valence electrons. The number of carbonyl (C=O) groups excluding carboxylic acids is 1. The Labute approximate surface area is 199 Å². The van der Waals surface area contributed by atoms with Crippen LogP contribution in [0.2, 0.25) is 0 Å². The Balaban J connectivity index is 1.58. The number of ether oxygens (including phenoxy) is 1. The molecule has 3 rings (SSSR count). The van der Waals surface area contributed by atoms with E-state index in [2.05, 4.69) is 5.32 Å². The molecule has 1 amide bonds. The third-order valence-electron chi connectivity index (χ3n) is 5.32. The Morgan fingerprint density at radius 2 is 1.88 bits per heavy atom. The molecule has 3 N–H and O–H groups in total. The number of hydrogen-bond acceptors (Lipinski definition) is 7. The maximum Gasteiger partial charge on any atom is 0.289 e. The van der Waals surface area contributed by atoms with Crippen LogP contribution in [0, 0.1) is 10.1 Å². The van der Waals surface area contributed by atoms with Gasteiger partial charge in [-0.3, -0.25) is 14.9 Å². The smallest absolute Gasteiger partial charge is 0.289 e. The number of amides is 1. The van der Waals surface area contributed by atoms with Crippen molar-refractivity contribution < 1.29 is 22.9 Å². The van der Waals surface area contributed by atoms with E-state index >= 15 is 0 Å². The largest absolute Gasteiger partial charge is 0.488 e. The molecule has 0 saturated carbocycles. The first-order valence-corrected chi connectivity index (χ1v) is 12.4. The molecule has 0 spiro atoms. The molecule has 0 aliphatic carbocycles. The SMILES string of the molecule is CC(C)(C)Oc1ccc(C[C@H](N)C(=O)N[C@H]2CCN(S(=O)(=O)c3ccccc3[N+](=O)[O-])C2)cc1. The molecule has 1 fully saturated rings. The second kappa shape index (κ2) is 10.1. The number of rotatable bonds is 8. The van der Waals surface area contributed by atoms with Crippen LogP contribution < -0.4 is 15.8 Å². The molecule has 1 saturated heterocycles. The van der Waals surface area contributed by atoms with Gasteiger partial charge in [-0.15, -0.1) is 0 Å². The first kappa shape index (κ1) is 25.6. The first-order valence-electron chi connectivity index (χ1n) is 10.9. The third-order valence-corrected chi connectivity index (χ3v) is 7.23. The maximum absolute atomic E-state index is 13.0. The van der Waals surface area contributed by atoms with Crippen molar-refractivity contribution in [1.29, 1.82) is 0 Å². The molecule has 1 aliphatic rings. The van der Waals surface area contributed by atoms with Gasteiger partial charge in [0.25, 0.3) is 5.69 Å². The second-order valence-electron chi connectivity index (χ2n) is 9.25. The van der Waals surface area contributed by atoms with Crippen molar-refractivity contribution in [2.75, 3.05) is 13.1 Å². The standard InChI is InChI=1S/C23H30N4O6S/c1-23(2,3)33-18-10-8-16(9-11-18)14-19(24)22(28)25-17-12-13-26(15-17)34(31,32)21-7-5-4-6-20(21)27(29)30/h4-11,17,19H,12-15,24H2,1-3H3,(H,25,28)/t17-,19-/m0/s1. The predicted octanol–water partition coefficient (Wildman–Crippen LogP) is 2.22. The van der Waals surface area contributed by atoms with Crippen molar-refractivity contribution in [3.8, 4) is 5.75 Å². The molecule has 2 aromatic carbocycles. The molecule has 0 aromatic heterocycles. The lowest BCUT2D eigenvalue weighted by Gasteiger charge is -2.21. The highest BCUT2D eigenvalue weighted by molar-refractivity contribution is 7.89. The quantitative estimate of drug-likeness (QED) is 0.426. The molecular weight excluding hydrogens is 460 g/mol. The summed E-state index contributed by atoms with van der Waals surface area (Å²) >= 11 is 0. The van der Waals surface area contributed by atoms with E-state index in [0.717, 1.165) is 21.7 Å². The molecule has 34 heavy (non-hydrogen) atoms. The Kier molecular flexibility index (Phi) is 7.59. The summed E-state index contributed by atoms with van der Waals surface area (Å²) < 4.78 is 32.8. The highest BCUT2D eigenvalue weighted by Gasteiger charge is 2.37. The molecule has 0 unspecified atom stereocenters. The van der Waals surface area contributed by atoms with Crippen molar-refractivity contribution in [2.24, 2.45) is 5.73 Å². The zero-order valence-corrected chi connectivity index (χ0v) is 20.2. The number of para-hydroxylation sites is 1. The van der Waals surface area contributed by atoms with Gasteiger partial charge in [-0.05, 0) is 57.4 Å². The lowest BCUT2D eigenvalue weighted by atomic mass is 10.1. The molecule has 2 aromatic rings. The van der Waals surface area contributed by atoms with Gasteiger partial charge in [0, 0.05) is 25.2 Å². The summed E-state index contributed by atoms with van der Waals surface area (Å²) in [6, 6.07) is 11.3. The molecule has 1 aliphatic heterocycles. The summed E-state index contributed by atoms with van der Waals surface area (Å²) in [5, 5.41) is 14.0. The first-order chi connectivity index (χ1) is 15.9. The van der Waals surface area contributed by atoms with Gasteiger partial charge in [0.2, 0.25) is 15.9 Å². The van der Waals surface area contributed by atoms with Gasteiger partial charge in [-0.2, -0.15) is 4.31 Å². The van der Waals surface area contributed by atoms with E-state index < -0.39 is 32.7 Å². The van der Waals surface area contributed by atoms with Gasteiger partial charge in [-0.25, -0.2) is 8.42 Å². The Morgan fingerprint density at radius 1 is 1.24 bits per heavy atom. The summed E-state index contributed by atoms with van der Waals surface area (Å²) in [6.45, 7) is 6.03. The van der Waals surface area contributed by atoms with Gasteiger partial charge >= 0.3 is 0 Å². The van der Waals surface area contributed by atoms with Gasteiger partial charge in [0.05, 0.1) is 11.0 Å². The van der Waals surface area contributed by atoms with Crippen molar-refractivity contribution in [2.45, 2.75) is 56.2 Å². The van der Waals surface area contributed by atoms with Crippen molar-refractivity contribution in [1.82, 2.24) is 9.62 Å². The van der Waals surface area contributed by atoms with Crippen LogP contribution in [0.1, 0.15) is 32.8 Å². The van der Waals surface area contributed by atoms with Gasteiger partial charge < -0.3 is 15.8 Å². The van der Waals surface area contributed by atoms with Crippen molar-refractivity contribution in [3.63, 3.8) is 0 Å². The zero-order valence-electron chi connectivity index (χ0n) is 19.4. The van der Waals surface area contributed by atoms with Gasteiger partial charge in [0.1, 0.15) is 11.4 Å². The molecule has 1 heterocycles. The Morgan fingerprint density at radius 3 is 2.50 bits per heavy atom. The van der Waals surface area contributed by atoms with E-state index in [4.69, 9.17) is 10.5 Å². The molecule has 2 atom stereocenters. The van der Waals surface area contributed by atoms with E-state index in [-0.39, 0.29) is 29.5 Å². The van der Waals surface area contributed by atoms with E-state index in [9.17, 15) is 23.3 Å². The van der Waals surface area contributed by atoms with E-state index in [1.807, 2.05) is 45.0 Å². The van der Waals surface area contributed by atoms with Crippen LogP contribution in [0.5, 0.6) is 5.75 Å². The number of carbonyl (C=O) groups is 1. The summed E-state index contributed by atoms with van der Waals surface area (Å²) in [5.41, 5.74) is 6.16. The highest BCUT2D eigenvalue weighted by atomic mass is 32.2. The minimum atomic E-state index is -4.07. The normalized spacial score (nSPS) is 17.8. The number of hydrogen-bond donors (Lipinski definition) is 2. The second-order valence-corrected chi connectivity index (χ2v) is 11.2. The molecule has 0 radical (unpaired) electrons. The van der Waals surface area contributed by atoms with Crippen LogP contribution in [0.25, 0.3) is 0 Å². The number of nitrogens with two attached hydrogens (primary N) is 1. The number of nitro groups is 1. The van der Waals surface area contributed by atoms with Gasteiger partial charge in [0.15, 0.2) is 4.90 Å². The fraction of sp³-hybridized carbons (Fsp3) is 0.435. The molecule has 10 nitrogen and oxygen atoms in total. The van der Waals surface area contributed by atoms with E-state index in [1.165, 1.54) is 18.2 Å². The third kappa shape index (κ3) is 6.31. The fourth-order valence-electron chi connectivity index (χ4n) is 3.73. The number of nitrogens with one attached hydrogen (secondary N) is 1.